The van der Waals surface area contributed by atoms with Crippen LogP contribution in [0.2, 0.25) is 0 Å². The van der Waals surface area contributed by atoms with Gasteiger partial charge in [0.25, 0.3) is 0 Å². The SMILES string of the molecule is CCc1ccc(N2C[C@@H](c3nc4ccccc4n3CC(=O)Nc3ccccc3OC)CC2=O)cc1. The molecule has 1 saturated heterocycles. The summed E-state index contributed by atoms with van der Waals surface area (Å²) in [5.74, 6) is 1.12. The number of rotatable bonds is 7. The van der Waals surface area contributed by atoms with Crippen LogP contribution in [0.1, 0.15) is 30.7 Å². The number of anilines is 2. The molecule has 0 saturated carbocycles. The molecule has 3 aromatic carbocycles. The van der Waals surface area contributed by atoms with Crippen LogP contribution in [0, 0.1) is 0 Å². The molecule has 1 aliphatic heterocycles. The molecule has 1 aliphatic rings. The van der Waals surface area contributed by atoms with Crippen LogP contribution in [0.15, 0.2) is 72.8 Å². The number of aryl methyl sites for hydroxylation is 1. The van der Waals surface area contributed by atoms with Crippen LogP contribution >= 0.6 is 0 Å². The summed E-state index contributed by atoms with van der Waals surface area (Å²) in [6.45, 7) is 2.73. The van der Waals surface area contributed by atoms with Crippen molar-refractivity contribution in [1.82, 2.24) is 9.55 Å². The Morgan fingerprint density at radius 3 is 2.57 bits per heavy atom. The first-order chi connectivity index (χ1) is 17.1. The van der Waals surface area contributed by atoms with Gasteiger partial charge in [-0.15, -0.1) is 0 Å². The third-order valence-corrected chi connectivity index (χ3v) is 6.51. The number of aromatic nitrogens is 2. The quantitative estimate of drug-likeness (QED) is 0.424. The molecule has 4 aromatic rings. The Morgan fingerprint density at radius 1 is 1.06 bits per heavy atom. The van der Waals surface area contributed by atoms with Gasteiger partial charge in [0.1, 0.15) is 18.1 Å². The molecular weight excluding hydrogens is 440 g/mol. The molecule has 35 heavy (non-hydrogen) atoms. The molecule has 178 valence electrons. The van der Waals surface area contributed by atoms with Gasteiger partial charge < -0.3 is 19.5 Å². The van der Waals surface area contributed by atoms with Gasteiger partial charge in [-0.3, -0.25) is 9.59 Å². The second-order valence-corrected chi connectivity index (χ2v) is 8.72. The maximum atomic E-state index is 13.1. The first-order valence-corrected chi connectivity index (χ1v) is 11.8. The van der Waals surface area contributed by atoms with Crippen LogP contribution in [0.25, 0.3) is 11.0 Å². The van der Waals surface area contributed by atoms with Crippen molar-refractivity contribution >= 4 is 34.2 Å². The summed E-state index contributed by atoms with van der Waals surface area (Å²) in [5.41, 5.74) is 4.43. The average Bonchev–Trinajstić information content (AvgIpc) is 3.45. The lowest BCUT2D eigenvalue weighted by Crippen LogP contribution is -2.25. The number of ether oxygens (including phenoxy) is 1. The summed E-state index contributed by atoms with van der Waals surface area (Å²) in [6.07, 6.45) is 1.31. The highest BCUT2D eigenvalue weighted by atomic mass is 16.5. The number of nitrogens with one attached hydrogen (secondary N) is 1. The number of nitrogens with zero attached hydrogens (tertiary/aromatic N) is 3. The van der Waals surface area contributed by atoms with Gasteiger partial charge in [0.05, 0.1) is 23.8 Å². The number of amides is 2. The summed E-state index contributed by atoms with van der Waals surface area (Å²) < 4.78 is 7.29. The fourth-order valence-electron chi connectivity index (χ4n) is 4.69. The van der Waals surface area contributed by atoms with Crippen molar-refractivity contribution in [3.63, 3.8) is 0 Å². The van der Waals surface area contributed by atoms with Crippen molar-refractivity contribution in [2.24, 2.45) is 0 Å². The topological polar surface area (TPSA) is 76.5 Å². The van der Waals surface area contributed by atoms with E-state index in [0.29, 0.717) is 24.4 Å². The normalized spacial score (nSPS) is 15.5. The van der Waals surface area contributed by atoms with E-state index in [0.717, 1.165) is 29.0 Å². The monoisotopic (exact) mass is 468 g/mol. The molecule has 7 nitrogen and oxygen atoms in total. The van der Waals surface area contributed by atoms with Crippen molar-refractivity contribution < 1.29 is 14.3 Å². The molecule has 5 rings (SSSR count). The first-order valence-electron chi connectivity index (χ1n) is 11.8. The first kappa shape index (κ1) is 22.7. The van der Waals surface area contributed by atoms with Crippen molar-refractivity contribution in [1.29, 1.82) is 0 Å². The molecule has 1 fully saturated rings. The van der Waals surface area contributed by atoms with Crippen LogP contribution in [-0.4, -0.2) is 35.0 Å². The summed E-state index contributed by atoms with van der Waals surface area (Å²) in [5, 5.41) is 2.95. The minimum absolute atomic E-state index is 0.0660. The third kappa shape index (κ3) is 4.49. The highest BCUT2D eigenvalue weighted by molar-refractivity contribution is 5.97. The Bertz CT molecular complexity index is 1380. The number of carbonyl (C=O) groups excluding carboxylic acids is 2. The third-order valence-electron chi connectivity index (χ3n) is 6.51. The van der Waals surface area contributed by atoms with Crippen molar-refractivity contribution in [3.05, 3.63) is 84.2 Å². The fraction of sp³-hybridized carbons (Fsp3) is 0.250. The zero-order valence-corrected chi connectivity index (χ0v) is 19.9. The van der Waals surface area contributed by atoms with Crippen molar-refractivity contribution in [2.75, 3.05) is 23.9 Å². The number of imidazole rings is 1. The van der Waals surface area contributed by atoms with E-state index in [1.807, 2.05) is 58.0 Å². The summed E-state index contributed by atoms with van der Waals surface area (Å²) in [4.78, 5) is 32.7. The van der Waals surface area contributed by atoms with Gasteiger partial charge in [-0.2, -0.15) is 0 Å². The Morgan fingerprint density at radius 2 is 1.80 bits per heavy atom. The van der Waals surface area contributed by atoms with Crippen LogP contribution in [0.3, 0.4) is 0 Å². The van der Waals surface area contributed by atoms with E-state index in [4.69, 9.17) is 9.72 Å². The lowest BCUT2D eigenvalue weighted by Gasteiger charge is -2.18. The average molecular weight is 469 g/mol. The second kappa shape index (κ2) is 9.62. The molecule has 0 spiro atoms. The maximum Gasteiger partial charge on any atom is 0.244 e. The van der Waals surface area contributed by atoms with E-state index in [-0.39, 0.29) is 24.3 Å². The Hall–Kier alpha value is -4.13. The van der Waals surface area contributed by atoms with E-state index in [1.165, 1.54) is 5.56 Å². The second-order valence-electron chi connectivity index (χ2n) is 8.72. The molecular formula is C28H28N4O3. The van der Waals surface area contributed by atoms with Gasteiger partial charge in [0.15, 0.2) is 0 Å². The lowest BCUT2D eigenvalue weighted by molar-refractivity contribution is -0.117. The van der Waals surface area contributed by atoms with E-state index in [1.54, 1.807) is 19.2 Å². The van der Waals surface area contributed by atoms with Gasteiger partial charge in [-0.25, -0.2) is 4.98 Å². The number of hydrogen-bond donors (Lipinski definition) is 1. The molecule has 0 unspecified atom stereocenters. The van der Waals surface area contributed by atoms with Crippen LogP contribution in [0.4, 0.5) is 11.4 Å². The standard InChI is InChI=1S/C28H28N4O3/c1-3-19-12-14-21(15-13-19)31-17-20(16-27(31)34)28-30-22-8-4-6-10-24(22)32(28)18-26(33)29-23-9-5-7-11-25(23)35-2/h4-15,20H,3,16-18H2,1-2H3,(H,29,33)/t20-/m0/s1. The predicted molar refractivity (Wildman–Crippen MR) is 137 cm³/mol. The van der Waals surface area contributed by atoms with E-state index >= 15 is 0 Å². The number of carbonyl (C=O) groups is 2. The van der Waals surface area contributed by atoms with E-state index in [2.05, 4.69) is 24.4 Å². The molecule has 2 heterocycles. The zero-order chi connectivity index (χ0) is 24.4. The molecule has 1 N–H and O–H groups in total. The highest BCUT2D eigenvalue weighted by Gasteiger charge is 2.35. The van der Waals surface area contributed by atoms with Crippen molar-refractivity contribution in [3.8, 4) is 5.75 Å². The Labute approximate surface area is 204 Å². The van der Waals surface area contributed by atoms with Gasteiger partial charge in [-0.05, 0) is 48.4 Å². The smallest absolute Gasteiger partial charge is 0.244 e. The van der Waals surface area contributed by atoms with Crippen LogP contribution in [0.5, 0.6) is 5.75 Å². The Balaban J connectivity index is 1.43. The van der Waals surface area contributed by atoms with E-state index < -0.39 is 0 Å². The summed E-state index contributed by atoms with van der Waals surface area (Å²) in [7, 11) is 1.57. The molecule has 7 heteroatoms. The van der Waals surface area contributed by atoms with Crippen LogP contribution < -0.4 is 15.0 Å². The molecule has 0 radical (unpaired) electrons. The number of hydrogen-bond acceptors (Lipinski definition) is 4. The largest absolute Gasteiger partial charge is 0.495 e. The minimum atomic E-state index is -0.185. The minimum Gasteiger partial charge on any atom is -0.495 e. The molecule has 2 amide bonds. The molecule has 0 aliphatic carbocycles. The van der Waals surface area contributed by atoms with Crippen LogP contribution in [-0.2, 0) is 22.6 Å². The predicted octanol–water partition coefficient (Wildman–Crippen LogP) is 4.77. The van der Waals surface area contributed by atoms with Gasteiger partial charge in [0, 0.05) is 24.6 Å². The number of fused-ring (bicyclic) bond motifs is 1. The molecule has 0 bridgehead atoms. The van der Waals surface area contributed by atoms with E-state index in [9.17, 15) is 9.59 Å². The Kier molecular flexibility index (Phi) is 6.23. The summed E-state index contributed by atoms with van der Waals surface area (Å²) in [6, 6.07) is 23.2. The number of para-hydroxylation sites is 4. The molecule has 1 atom stereocenters. The lowest BCUT2D eigenvalue weighted by atomic mass is 10.1. The number of methoxy groups -OCH3 is 1. The van der Waals surface area contributed by atoms with Gasteiger partial charge in [0.2, 0.25) is 11.8 Å². The van der Waals surface area contributed by atoms with Gasteiger partial charge >= 0.3 is 0 Å². The maximum absolute atomic E-state index is 13.1. The number of benzene rings is 3. The van der Waals surface area contributed by atoms with Crippen molar-refractivity contribution in [2.45, 2.75) is 32.2 Å². The summed E-state index contributed by atoms with van der Waals surface area (Å²) >= 11 is 0. The highest BCUT2D eigenvalue weighted by Crippen LogP contribution is 2.33. The fourth-order valence-corrected chi connectivity index (χ4v) is 4.69. The zero-order valence-electron chi connectivity index (χ0n) is 19.9. The van der Waals surface area contributed by atoms with Gasteiger partial charge in [-0.1, -0.05) is 43.3 Å². The molecule has 1 aromatic heterocycles.